The molecule has 1 fully saturated rings. The Morgan fingerprint density at radius 2 is 1.78 bits per heavy atom. The molecular formula is C23H23NO3. The lowest BCUT2D eigenvalue weighted by Crippen LogP contribution is -2.15. The number of carbonyl (C=O) groups is 1. The van der Waals surface area contributed by atoms with Gasteiger partial charge < -0.3 is 10.2 Å². The molecule has 4 rings (SSSR count). The molecule has 1 aliphatic rings. The van der Waals surface area contributed by atoms with Crippen molar-refractivity contribution < 1.29 is 15.0 Å². The number of fused-ring (bicyclic) bond motifs is 1. The van der Waals surface area contributed by atoms with Gasteiger partial charge in [0.25, 0.3) is 0 Å². The third-order valence-corrected chi connectivity index (χ3v) is 5.66. The fourth-order valence-corrected chi connectivity index (χ4v) is 3.97. The summed E-state index contributed by atoms with van der Waals surface area (Å²) in [5.74, 6) is -1.12. The topological polar surface area (TPSA) is 70.4 Å². The lowest BCUT2D eigenvalue weighted by atomic mass is 9.88. The van der Waals surface area contributed by atoms with Gasteiger partial charge in [0.1, 0.15) is 5.56 Å². The largest absolute Gasteiger partial charge is 0.505 e. The molecule has 1 aliphatic carbocycles. The summed E-state index contributed by atoms with van der Waals surface area (Å²) in [4.78, 5) is 16.9. The van der Waals surface area contributed by atoms with Crippen LogP contribution in [0, 0.1) is 6.92 Å². The van der Waals surface area contributed by atoms with Crippen LogP contribution in [0.25, 0.3) is 10.9 Å². The van der Waals surface area contributed by atoms with Gasteiger partial charge in [-0.1, -0.05) is 61.9 Å². The highest BCUT2D eigenvalue weighted by molar-refractivity contribution is 6.06. The summed E-state index contributed by atoms with van der Waals surface area (Å²) < 4.78 is 0. The van der Waals surface area contributed by atoms with Gasteiger partial charge in [0, 0.05) is 10.8 Å². The minimum atomic E-state index is -1.12. The fraction of sp³-hybridized carbons (Fsp3) is 0.304. The van der Waals surface area contributed by atoms with Crippen molar-refractivity contribution in [2.75, 3.05) is 0 Å². The number of nitrogens with zero attached hydrogens (tertiary/aromatic N) is 1. The monoisotopic (exact) mass is 361 g/mol. The Bertz CT molecular complexity index is 1050. The Morgan fingerprint density at radius 1 is 1.11 bits per heavy atom. The molecule has 138 valence electrons. The molecule has 2 N–H and O–H groups in total. The summed E-state index contributed by atoms with van der Waals surface area (Å²) in [6.45, 7) is 6.17. The molecular weight excluding hydrogens is 338 g/mol. The predicted octanol–water partition coefficient (Wildman–Crippen LogP) is 5.15. The zero-order valence-corrected chi connectivity index (χ0v) is 15.8. The number of carboxylic acid groups (broad SMARTS) is 1. The number of aromatic hydroxyl groups is 1. The van der Waals surface area contributed by atoms with E-state index < -0.39 is 11.4 Å². The predicted molar refractivity (Wildman–Crippen MR) is 106 cm³/mol. The maximum absolute atomic E-state index is 12.0. The normalized spacial score (nSPS) is 15.3. The second kappa shape index (κ2) is 6.08. The van der Waals surface area contributed by atoms with E-state index in [1.807, 2.05) is 31.2 Å². The molecule has 1 aromatic heterocycles. The van der Waals surface area contributed by atoms with Crippen molar-refractivity contribution in [3.05, 3.63) is 70.4 Å². The maximum Gasteiger partial charge on any atom is 0.340 e. The minimum Gasteiger partial charge on any atom is -0.505 e. The Kier molecular flexibility index (Phi) is 3.95. The van der Waals surface area contributed by atoms with Crippen molar-refractivity contribution in [1.29, 1.82) is 0 Å². The number of carboxylic acids is 1. The van der Waals surface area contributed by atoms with E-state index in [2.05, 4.69) is 26.0 Å². The lowest BCUT2D eigenvalue weighted by molar-refractivity contribution is 0.0695. The van der Waals surface area contributed by atoms with Gasteiger partial charge in [-0.05, 0) is 36.8 Å². The van der Waals surface area contributed by atoms with Crippen LogP contribution in [0.5, 0.6) is 5.75 Å². The molecule has 0 radical (unpaired) electrons. The second-order valence-corrected chi connectivity index (χ2v) is 7.84. The summed E-state index contributed by atoms with van der Waals surface area (Å²) >= 11 is 0. The van der Waals surface area contributed by atoms with E-state index in [4.69, 9.17) is 4.98 Å². The van der Waals surface area contributed by atoms with Crippen LogP contribution in [0.4, 0.5) is 0 Å². The Labute approximate surface area is 158 Å². The van der Waals surface area contributed by atoms with Gasteiger partial charge in [-0.25, -0.2) is 9.78 Å². The van der Waals surface area contributed by atoms with Crippen LogP contribution < -0.4 is 0 Å². The van der Waals surface area contributed by atoms with E-state index in [9.17, 15) is 15.0 Å². The van der Waals surface area contributed by atoms with E-state index in [-0.39, 0.29) is 17.2 Å². The van der Waals surface area contributed by atoms with E-state index in [0.29, 0.717) is 16.6 Å². The number of para-hydroxylation sites is 1. The molecule has 0 amide bonds. The first-order valence-electron chi connectivity index (χ1n) is 9.31. The van der Waals surface area contributed by atoms with Crippen LogP contribution in [-0.4, -0.2) is 21.2 Å². The van der Waals surface area contributed by atoms with Crippen LogP contribution >= 0.6 is 0 Å². The first-order chi connectivity index (χ1) is 12.8. The number of aromatic carboxylic acids is 1. The summed E-state index contributed by atoms with van der Waals surface area (Å²) in [5.41, 5.74) is 3.96. The van der Waals surface area contributed by atoms with Crippen LogP contribution in [0.15, 0.2) is 42.5 Å². The summed E-state index contributed by atoms with van der Waals surface area (Å²) in [5, 5.41) is 21.3. The molecule has 1 heterocycles. The zero-order valence-electron chi connectivity index (χ0n) is 15.8. The first-order valence-corrected chi connectivity index (χ1v) is 9.31. The van der Waals surface area contributed by atoms with Gasteiger partial charge in [-0.3, -0.25) is 0 Å². The minimum absolute atomic E-state index is 0.0455. The van der Waals surface area contributed by atoms with Crippen molar-refractivity contribution in [3.63, 3.8) is 0 Å². The van der Waals surface area contributed by atoms with Crippen molar-refractivity contribution >= 4 is 16.9 Å². The summed E-state index contributed by atoms with van der Waals surface area (Å²) in [7, 11) is 0. The van der Waals surface area contributed by atoms with Crippen molar-refractivity contribution in [2.24, 2.45) is 0 Å². The zero-order chi connectivity index (χ0) is 19.3. The smallest absolute Gasteiger partial charge is 0.340 e. The lowest BCUT2D eigenvalue weighted by Gasteiger charge is -2.21. The van der Waals surface area contributed by atoms with E-state index in [1.165, 1.54) is 5.56 Å². The third kappa shape index (κ3) is 2.67. The number of hydrogen-bond acceptors (Lipinski definition) is 3. The molecule has 4 heteroatoms. The highest BCUT2D eigenvalue weighted by Gasteiger charge is 2.50. The van der Waals surface area contributed by atoms with Gasteiger partial charge in [0.05, 0.1) is 11.2 Å². The van der Waals surface area contributed by atoms with Crippen molar-refractivity contribution in [1.82, 2.24) is 4.98 Å². The van der Waals surface area contributed by atoms with Crippen LogP contribution in [0.1, 0.15) is 65.3 Å². The van der Waals surface area contributed by atoms with Crippen molar-refractivity contribution in [3.8, 4) is 5.75 Å². The van der Waals surface area contributed by atoms with Gasteiger partial charge in [0.2, 0.25) is 0 Å². The number of aromatic nitrogens is 1. The number of pyridine rings is 1. The molecule has 2 aromatic carbocycles. The van der Waals surface area contributed by atoms with Crippen LogP contribution in [-0.2, 0) is 5.41 Å². The average molecular weight is 361 g/mol. The number of hydrogen-bond donors (Lipinski definition) is 2. The van der Waals surface area contributed by atoms with Gasteiger partial charge in [0.15, 0.2) is 5.75 Å². The molecule has 0 spiro atoms. The molecule has 4 nitrogen and oxygen atoms in total. The highest BCUT2D eigenvalue weighted by Crippen LogP contribution is 2.56. The van der Waals surface area contributed by atoms with Crippen LogP contribution in [0.2, 0.25) is 0 Å². The highest BCUT2D eigenvalue weighted by atomic mass is 16.4. The summed E-state index contributed by atoms with van der Waals surface area (Å²) in [6, 6.07) is 13.8. The number of rotatable bonds is 4. The third-order valence-electron chi connectivity index (χ3n) is 5.66. The molecule has 1 saturated carbocycles. The van der Waals surface area contributed by atoms with E-state index in [1.54, 1.807) is 6.07 Å². The van der Waals surface area contributed by atoms with Gasteiger partial charge in [-0.15, -0.1) is 0 Å². The molecule has 27 heavy (non-hydrogen) atoms. The van der Waals surface area contributed by atoms with Gasteiger partial charge >= 0.3 is 5.97 Å². The second-order valence-electron chi connectivity index (χ2n) is 7.84. The maximum atomic E-state index is 12.0. The SMILES string of the molecule is Cc1ccc(C2(c3nc4c(C(C)C)cccc4c(C(=O)O)c3O)CC2)cc1. The first kappa shape index (κ1) is 17.5. The number of aryl methyl sites for hydroxylation is 1. The standard InChI is InChI=1S/C23H23NO3/c1-13(2)16-5-4-6-17-18(22(26)27)20(25)21(24-19(16)17)23(11-12-23)15-9-7-14(3)8-10-15/h4-10,13,25H,11-12H2,1-3H3,(H,26,27). The summed E-state index contributed by atoms with van der Waals surface area (Å²) in [6.07, 6.45) is 1.70. The van der Waals surface area contributed by atoms with Crippen molar-refractivity contribution in [2.45, 2.75) is 44.9 Å². The number of benzene rings is 2. The van der Waals surface area contributed by atoms with E-state index >= 15 is 0 Å². The molecule has 0 aliphatic heterocycles. The fourth-order valence-electron chi connectivity index (χ4n) is 3.97. The molecule has 0 bridgehead atoms. The molecule has 0 saturated heterocycles. The van der Waals surface area contributed by atoms with Gasteiger partial charge in [-0.2, -0.15) is 0 Å². The Hall–Kier alpha value is -2.88. The molecule has 0 unspecified atom stereocenters. The molecule has 0 atom stereocenters. The Balaban J connectivity index is 2.04. The van der Waals surface area contributed by atoms with E-state index in [0.717, 1.165) is 24.0 Å². The molecule has 3 aromatic rings. The quantitative estimate of drug-likeness (QED) is 0.674. The van der Waals surface area contributed by atoms with Crippen LogP contribution in [0.3, 0.4) is 0 Å². The Morgan fingerprint density at radius 3 is 2.33 bits per heavy atom. The average Bonchev–Trinajstić information content (AvgIpc) is 3.42.